The van der Waals surface area contributed by atoms with Gasteiger partial charge in [-0.05, 0) is 38.5 Å². The maximum absolute atomic E-state index is 10.4. The highest BCUT2D eigenvalue weighted by atomic mass is 16.3. The second-order valence-corrected chi connectivity index (χ2v) is 6.02. The fourth-order valence-corrected chi connectivity index (χ4v) is 3.90. The Morgan fingerprint density at radius 3 is 2.63 bits per heavy atom. The Labute approximate surface area is 117 Å². The van der Waals surface area contributed by atoms with Crippen LogP contribution in [-0.2, 0) is 0 Å². The number of rotatable bonds is 4. The van der Waals surface area contributed by atoms with Crippen LogP contribution in [0.1, 0.15) is 44.9 Å². The maximum Gasteiger partial charge on any atom is 0.0620 e. The summed E-state index contributed by atoms with van der Waals surface area (Å²) < 4.78 is 0. The van der Waals surface area contributed by atoms with Crippen LogP contribution in [-0.4, -0.2) is 22.8 Å². The molecule has 2 N–H and O–H groups in total. The van der Waals surface area contributed by atoms with Gasteiger partial charge in [0.15, 0.2) is 0 Å². The summed E-state index contributed by atoms with van der Waals surface area (Å²) in [5.74, 6) is 0.215. The van der Waals surface area contributed by atoms with Crippen molar-refractivity contribution < 1.29 is 5.11 Å². The first-order valence-corrected chi connectivity index (χ1v) is 7.58. The van der Waals surface area contributed by atoms with Gasteiger partial charge in [0.1, 0.15) is 0 Å². The molecule has 1 aliphatic carbocycles. The van der Waals surface area contributed by atoms with E-state index in [0.29, 0.717) is 6.04 Å². The molecular formula is C17H27NO. The summed E-state index contributed by atoms with van der Waals surface area (Å²) in [4.78, 5) is 0. The van der Waals surface area contributed by atoms with Crippen LogP contribution < -0.4 is 5.32 Å². The average Bonchev–Trinajstić information content (AvgIpc) is 2.39. The Bertz CT molecular complexity index is 345. The summed E-state index contributed by atoms with van der Waals surface area (Å²) >= 11 is 0. The number of nitrogens with one attached hydrogen (secondary N) is 1. The fraction of sp³-hybridized carbons (Fsp3) is 0.647. The van der Waals surface area contributed by atoms with Gasteiger partial charge in [-0.1, -0.05) is 37.3 Å². The molecule has 106 valence electrons. The molecule has 2 aliphatic rings. The molecule has 2 fully saturated rings. The van der Waals surface area contributed by atoms with Crippen LogP contribution in [0.3, 0.4) is 0 Å². The molecule has 0 radical (unpaired) electrons. The molecule has 0 aromatic carbocycles. The maximum atomic E-state index is 10.4. The van der Waals surface area contributed by atoms with E-state index < -0.39 is 0 Å². The minimum Gasteiger partial charge on any atom is -0.392 e. The van der Waals surface area contributed by atoms with Crippen LogP contribution >= 0.6 is 0 Å². The van der Waals surface area contributed by atoms with Gasteiger partial charge >= 0.3 is 0 Å². The Kier molecular flexibility index (Phi) is 5.00. The summed E-state index contributed by atoms with van der Waals surface area (Å²) in [6.45, 7) is 7.60. The summed E-state index contributed by atoms with van der Waals surface area (Å²) in [6.07, 6.45) is 15.6. The van der Waals surface area contributed by atoms with Crippen molar-refractivity contribution in [3.8, 4) is 0 Å². The minimum atomic E-state index is -0.222. The molecule has 19 heavy (non-hydrogen) atoms. The lowest BCUT2D eigenvalue weighted by molar-refractivity contribution is 0.00392. The van der Waals surface area contributed by atoms with Gasteiger partial charge in [-0.25, -0.2) is 0 Å². The van der Waals surface area contributed by atoms with Crippen LogP contribution in [0.2, 0.25) is 0 Å². The normalized spacial score (nSPS) is 39.5. The molecule has 4 atom stereocenters. The van der Waals surface area contributed by atoms with E-state index in [9.17, 15) is 5.11 Å². The summed E-state index contributed by atoms with van der Waals surface area (Å²) in [5, 5.41) is 14.2. The standard InChI is InChI=1S/C17H27NO/c1-3-5-10-15-16(19)11-7-13-17(15)12-6-9-14(18-17)8-4-2/h3-5,10,14-16,18-19H,1-2,6-9,11-13H2/b10-5-/t14-,15-,16+,17-/m1/s1. The van der Waals surface area contributed by atoms with Gasteiger partial charge in [0, 0.05) is 17.5 Å². The molecule has 0 aromatic heterocycles. The van der Waals surface area contributed by atoms with Crippen LogP contribution in [0.25, 0.3) is 0 Å². The monoisotopic (exact) mass is 261 g/mol. The molecule has 1 aliphatic heterocycles. The van der Waals surface area contributed by atoms with Gasteiger partial charge in [0.25, 0.3) is 0 Å². The Balaban J connectivity index is 2.18. The first-order chi connectivity index (χ1) is 9.22. The van der Waals surface area contributed by atoms with Crippen LogP contribution in [0.5, 0.6) is 0 Å². The van der Waals surface area contributed by atoms with Crippen molar-refractivity contribution in [2.75, 3.05) is 0 Å². The second kappa shape index (κ2) is 6.53. The molecule has 1 saturated heterocycles. The van der Waals surface area contributed by atoms with E-state index in [1.54, 1.807) is 6.08 Å². The zero-order valence-corrected chi connectivity index (χ0v) is 11.9. The minimum absolute atomic E-state index is 0.0864. The number of aliphatic hydroxyl groups is 1. The quantitative estimate of drug-likeness (QED) is 0.601. The molecular weight excluding hydrogens is 234 g/mol. The van der Waals surface area contributed by atoms with E-state index in [0.717, 1.165) is 19.3 Å². The summed E-state index contributed by atoms with van der Waals surface area (Å²) in [5.41, 5.74) is 0.0864. The highest BCUT2D eigenvalue weighted by Crippen LogP contribution is 2.41. The van der Waals surface area contributed by atoms with E-state index in [4.69, 9.17) is 0 Å². The number of allylic oxidation sites excluding steroid dienone is 2. The van der Waals surface area contributed by atoms with Crippen molar-refractivity contribution in [1.29, 1.82) is 0 Å². The van der Waals surface area contributed by atoms with E-state index in [-0.39, 0.29) is 17.6 Å². The molecule has 2 heteroatoms. The van der Waals surface area contributed by atoms with Gasteiger partial charge in [-0.2, -0.15) is 0 Å². The SMILES string of the molecule is C=C/C=C\[C@@H]1[C@@H](O)CCC[C@]12CCC[C@@H](CC=C)N2. The number of hydrogen-bond acceptors (Lipinski definition) is 2. The third-order valence-electron chi connectivity index (χ3n) is 4.75. The van der Waals surface area contributed by atoms with Gasteiger partial charge in [-0.3, -0.25) is 0 Å². The lowest BCUT2D eigenvalue weighted by atomic mass is 9.66. The van der Waals surface area contributed by atoms with Crippen LogP contribution in [0.15, 0.2) is 37.5 Å². The van der Waals surface area contributed by atoms with Gasteiger partial charge in [0.2, 0.25) is 0 Å². The van der Waals surface area contributed by atoms with Crippen molar-refractivity contribution in [3.63, 3.8) is 0 Å². The highest BCUT2D eigenvalue weighted by Gasteiger charge is 2.45. The molecule has 2 nitrogen and oxygen atoms in total. The first kappa shape index (κ1) is 14.5. The largest absolute Gasteiger partial charge is 0.392 e. The molecule has 1 heterocycles. The predicted octanol–water partition coefficient (Wildman–Crippen LogP) is 3.35. The molecule has 0 bridgehead atoms. The van der Waals surface area contributed by atoms with Crippen molar-refractivity contribution in [1.82, 2.24) is 5.32 Å². The topological polar surface area (TPSA) is 32.3 Å². The van der Waals surface area contributed by atoms with Crippen LogP contribution in [0.4, 0.5) is 0 Å². The van der Waals surface area contributed by atoms with Crippen molar-refractivity contribution in [3.05, 3.63) is 37.5 Å². The Hall–Kier alpha value is -0.860. The number of hydrogen-bond donors (Lipinski definition) is 2. The van der Waals surface area contributed by atoms with Gasteiger partial charge in [-0.15, -0.1) is 6.58 Å². The predicted molar refractivity (Wildman–Crippen MR) is 81.0 cm³/mol. The van der Waals surface area contributed by atoms with E-state index >= 15 is 0 Å². The molecule has 1 spiro atoms. The van der Waals surface area contributed by atoms with E-state index in [1.807, 2.05) is 12.2 Å². The average molecular weight is 261 g/mol. The first-order valence-electron chi connectivity index (χ1n) is 7.58. The smallest absolute Gasteiger partial charge is 0.0620 e. The van der Waals surface area contributed by atoms with E-state index in [1.165, 1.54) is 25.7 Å². The Morgan fingerprint density at radius 1 is 1.21 bits per heavy atom. The molecule has 2 rings (SSSR count). The molecule has 1 saturated carbocycles. The van der Waals surface area contributed by atoms with Crippen LogP contribution in [0, 0.1) is 5.92 Å². The second-order valence-electron chi connectivity index (χ2n) is 6.02. The van der Waals surface area contributed by atoms with Gasteiger partial charge in [0.05, 0.1) is 6.10 Å². The zero-order chi connectivity index (χ0) is 13.7. The third-order valence-corrected chi connectivity index (χ3v) is 4.75. The Morgan fingerprint density at radius 2 is 1.95 bits per heavy atom. The lowest BCUT2D eigenvalue weighted by Gasteiger charge is -2.51. The fourth-order valence-electron chi connectivity index (χ4n) is 3.90. The van der Waals surface area contributed by atoms with Crippen molar-refractivity contribution in [2.24, 2.45) is 5.92 Å². The number of aliphatic hydroxyl groups excluding tert-OH is 1. The van der Waals surface area contributed by atoms with Gasteiger partial charge < -0.3 is 10.4 Å². The summed E-state index contributed by atoms with van der Waals surface area (Å²) in [6, 6.07) is 0.524. The summed E-state index contributed by atoms with van der Waals surface area (Å²) in [7, 11) is 0. The third kappa shape index (κ3) is 3.18. The highest BCUT2D eigenvalue weighted by molar-refractivity contribution is 5.14. The molecule has 0 amide bonds. The van der Waals surface area contributed by atoms with E-state index in [2.05, 4.69) is 24.6 Å². The van der Waals surface area contributed by atoms with Crippen molar-refractivity contribution >= 4 is 0 Å². The van der Waals surface area contributed by atoms with Crippen molar-refractivity contribution in [2.45, 2.75) is 62.6 Å². The zero-order valence-electron chi connectivity index (χ0n) is 11.9. The number of piperidine rings is 1. The molecule has 0 aromatic rings. The lowest BCUT2D eigenvalue weighted by Crippen LogP contribution is -2.61. The molecule has 0 unspecified atom stereocenters.